The second-order valence-corrected chi connectivity index (χ2v) is 9.58. The first kappa shape index (κ1) is 20.5. The van der Waals surface area contributed by atoms with Gasteiger partial charge in [-0.05, 0) is 52.0 Å². The van der Waals surface area contributed by atoms with Crippen molar-refractivity contribution in [2.24, 2.45) is 5.92 Å². The smallest absolute Gasteiger partial charge is 0.188 e. The van der Waals surface area contributed by atoms with Crippen LogP contribution in [0.3, 0.4) is 0 Å². The van der Waals surface area contributed by atoms with E-state index < -0.39 is 21.6 Å². The van der Waals surface area contributed by atoms with Crippen molar-refractivity contribution in [1.82, 2.24) is 9.71 Å². The van der Waals surface area contributed by atoms with Gasteiger partial charge in [0.1, 0.15) is 4.75 Å². The Morgan fingerprint density at radius 1 is 1.48 bits per heavy atom. The van der Waals surface area contributed by atoms with Gasteiger partial charge in [0.05, 0.1) is 5.54 Å². The molecule has 25 heavy (non-hydrogen) atoms. The van der Waals surface area contributed by atoms with Crippen LogP contribution in [0.5, 0.6) is 5.75 Å². The second-order valence-electron chi connectivity index (χ2n) is 7.25. The molecule has 5 nitrogen and oxygen atoms in total. The molecule has 1 N–H and O–H groups in total. The molecule has 1 fully saturated rings. The third-order valence-electron chi connectivity index (χ3n) is 4.23. The van der Waals surface area contributed by atoms with Crippen molar-refractivity contribution in [2.45, 2.75) is 50.3 Å². The summed E-state index contributed by atoms with van der Waals surface area (Å²) in [6.07, 6.45) is 6.21. The summed E-state index contributed by atoms with van der Waals surface area (Å²) in [6.45, 7) is 9.82. The first-order valence-electron chi connectivity index (χ1n) is 8.33. The summed E-state index contributed by atoms with van der Waals surface area (Å²) in [5.74, 6) is 0.804. The molecule has 0 spiro atoms. The van der Waals surface area contributed by atoms with Gasteiger partial charge in [-0.25, -0.2) is 4.98 Å². The minimum absolute atomic E-state index is 0.0651. The Bertz CT molecular complexity index is 604. The van der Waals surface area contributed by atoms with E-state index in [9.17, 15) is 4.55 Å². The molecule has 2 atom stereocenters. The van der Waals surface area contributed by atoms with E-state index in [1.165, 1.54) is 0 Å². The fraction of sp³-hybridized carbons (Fsp3) is 0.611. The average Bonchev–Trinajstić information content (AvgIpc) is 3.37. The predicted octanol–water partition coefficient (Wildman–Crippen LogP) is 3.95. The van der Waals surface area contributed by atoms with Gasteiger partial charge in [-0.2, -0.15) is 0 Å². The summed E-state index contributed by atoms with van der Waals surface area (Å²) < 4.78 is 26.7. The molecule has 1 aromatic rings. The van der Waals surface area contributed by atoms with Crippen LogP contribution in [0, 0.1) is 5.92 Å². The Balaban J connectivity index is 2.52. The van der Waals surface area contributed by atoms with Crippen LogP contribution in [-0.2, 0) is 21.6 Å². The summed E-state index contributed by atoms with van der Waals surface area (Å²) in [7, 11) is 1.55. The topological polar surface area (TPSA) is 66.4 Å². The van der Waals surface area contributed by atoms with Crippen LogP contribution in [0.2, 0.25) is 5.15 Å². The zero-order chi connectivity index (χ0) is 18.7. The van der Waals surface area contributed by atoms with Gasteiger partial charge in [0.25, 0.3) is 0 Å². The van der Waals surface area contributed by atoms with Crippen molar-refractivity contribution < 1.29 is 14.0 Å². The first-order valence-corrected chi connectivity index (χ1v) is 9.86. The molecular weight excluding hydrogens is 360 g/mol. The van der Waals surface area contributed by atoms with Gasteiger partial charge in [-0.15, -0.1) is 11.3 Å². The Kier molecular flexibility index (Phi) is 6.79. The third-order valence-corrected chi connectivity index (χ3v) is 6.17. The summed E-state index contributed by atoms with van der Waals surface area (Å²) in [5, 5.41) is 0.270. The lowest BCUT2D eigenvalue weighted by Gasteiger charge is -2.38. The summed E-state index contributed by atoms with van der Waals surface area (Å²) >= 11 is 5.04. The fourth-order valence-corrected chi connectivity index (χ4v) is 4.04. The molecule has 140 valence electrons. The van der Waals surface area contributed by atoms with Crippen molar-refractivity contribution >= 4 is 23.0 Å². The molecular formula is C18H27ClN2O3S. The highest BCUT2D eigenvalue weighted by Crippen LogP contribution is 2.52. The molecule has 1 heterocycles. The monoisotopic (exact) mass is 386 g/mol. The normalized spacial score (nSPS) is 18.5. The maximum Gasteiger partial charge on any atom is 0.188 e. The largest absolute Gasteiger partial charge is 0.598 e. The summed E-state index contributed by atoms with van der Waals surface area (Å²) in [4.78, 5) is 4.13. The predicted molar refractivity (Wildman–Crippen MR) is 102 cm³/mol. The molecule has 0 bridgehead atoms. The number of hydrogen-bond acceptors (Lipinski definition) is 5. The van der Waals surface area contributed by atoms with Crippen LogP contribution >= 0.6 is 11.6 Å². The van der Waals surface area contributed by atoms with E-state index in [0.29, 0.717) is 18.1 Å². The van der Waals surface area contributed by atoms with Crippen LogP contribution in [0.25, 0.3) is 0 Å². The molecule has 0 amide bonds. The summed E-state index contributed by atoms with van der Waals surface area (Å²) in [5.41, 5.74) is 0.291. The highest BCUT2D eigenvalue weighted by molar-refractivity contribution is 7.90. The zero-order valence-corrected chi connectivity index (χ0v) is 16.9. The molecule has 1 saturated carbocycles. The van der Waals surface area contributed by atoms with Crippen LogP contribution in [-0.4, -0.2) is 28.2 Å². The Hall–Kier alpha value is -0.790. The number of methoxy groups -OCH3 is 1. The van der Waals surface area contributed by atoms with Gasteiger partial charge >= 0.3 is 0 Å². The van der Waals surface area contributed by atoms with E-state index in [0.717, 1.165) is 18.4 Å². The van der Waals surface area contributed by atoms with Crippen LogP contribution in [0.1, 0.15) is 45.6 Å². The molecule has 1 aromatic heterocycles. The number of aromatic nitrogens is 1. The number of rotatable bonds is 9. The van der Waals surface area contributed by atoms with E-state index in [1.54, 1.807) is 13.3 Å². The minimum Gasteiger partial charge on any atom is -0.598 e. The van der Waals surface area contributed by atoms with Gasteiger partial charge in [-0.3, -0.25) is 0 Å². The summed E-state index contributed by atoms with van der Waals surface area (Å²) in [6, 6.07) is 1.88. The minimum atomic E-state index is -1.26. The van der Waals surface area contributed by atoms with E-state index in [2.05, 4.69) is 16.3 Å². The first-order chi connectivity index (χ1) is 11.8. The third kappa shape index (κ3) is 4.68. The number of nitrogens with one attached hydrogen (secondary N) is 1. The lowest BCUT2D eigenvalue weighted by molar-refractivity contribution is 0.0488. The number of nitrogens with zero attached hydrogens (tertiary/aromatic N) is 1. The zero-order valence-electron chi connectivity index (χ0n) is 15.3. The van der Waals surface area contributed by atoms with Crippen molar-refractivity contribution in [3.05, 3.63) is 35.6 Å². The molecule has 2 rings (SSSR count). The molecule has 1 aliphatic rings. The maximum atomic E-state index is 12.9. The average molecular weight is 387 g/mol. The van der Waals surface area contributed by atoms with E-state index >= 15 is 0 Å². The van der Waals surface area contributed by atoms with Crippen LogP contribution in [0.15, 0.2) is 24.9 Å². The molecule has 0 aliphatic heterocycles. The van der Waals surface area contributed by atoms with E-state index in [4.69, 9.17) is 21.1 Å². The van der Waals surface area contributed by atoms with Gasteiger partial charge in [0.15, 0.2) is 17.7 Å². The lowest BCUT2D eigenvalue weighted by Crippen LogP contribution is -2.52. The van der Waals surface area contributed by atoms with Crippen LogP contribution in [0.4, 0.5) is 0 Å². The SMILES string of the molecule is C=CCC(N[S@@+]([O-])C(C)(C)C)(c1ccnc(Cl)c1OCOC)C1CC1. The van der Waals surface area contributed by atoms with Crippen LogP contribution < -0.4 is 9.46 Å². The maximum absolute atomic E-state index is 12.9. The van der Waals surface area contributed by atoms with E-state index in [1.807, 2.05) is 32.9 Å². The van der Waals surface area contributed by atoms with Crippen molar-refractivity contribution in [1.29, 1.82) is 0 Å². The Morgan fingerprint density at radius 2 is 2.16 bits per heavy atom. The quantitative estimate of drug-likeness (QED) is 0.301. The standard InChI is InChI=1S/C18H27ClN2O3S/c1-6-10-18(13-7-8-13,21-25(22)17(2,3)4)14-9-11-20-16(19)15(14)24-12-23-5/h6,9,11,13,21H,1,7-8,10,12H2,2-5H3/t18?,25-/m0/s1. The fourth-order valence-electron chi connectivity index (χ4n) is 2.83. The van der Waals surface area contributed by atoms with Crippen molar-refractivity contribution in [2.75, 3.05) is 13.9 Å². The molecule has 7 heteroatoms. The molecule has 1 aliphatic carbocycles. The molecule has 0 radical (unpaired) electrons. The highest BCUT2D eigenvalue weighted by Gasteiger charge is 2.52. The highest BCUT2D eigenvalue weighted by atomic mass is 35.5. The Labute approximate surface area is 158 Å². The second kappa shape index (κ2) is 8.27. The molecule has 0 aromatic carbocycles. The number of ether oxygens (including phenoxy) is 2. The molecule has 0 saturated heterocycles. The number of hydrogen-bond donors (Lipinski definition) is 1. The molecule has 1 unspecified atom stereocenters. The van der Waals surface area contributed by atoms with Gasteiger partial charge in [0, 0.05) is 30.2 Å². The van der Waals surface area contributed by atoms with Gasteiger partial charge < -0.3 is 14.0 Å². The number of pyridine rings is 1. The Morgan fingerprint density at radius 3 is 2.68 bits per heavy atom. The van der Waals surface area contributed by atoms with Gasteiger partial charge in [0.2, 0.25) is 0 Å². The lowest BCUT2D eigenvalue weighted by atomic mass is 9.83. The number of halogens is 1. The van der Waals surface area contributed by atoms with Crippen molar-refractivity contribution in [3.63, 3.8) is 0 Å². The van der Waals surface area contributed by atoms with Gasteiger partial charge in [-0.1, -0.05) is 17.7 Å². The van der Waals surface area contributed by atoms with E-state index in [-0.39, 0.29) is 11.9 Å². The van der Waals surface area contributed by atoms with Crippen molar-refractivity contribution in [3.8, 4) is 5.75 Å².